The maximum absolute atomic E-state index is 17.0. The molecule has 1 atom stereocenters. The highest BCUT2D eigenvalue weighted by Gasteiger charge is 2.46. The molecule has 10 nitrogen and oxygen atoms in total. The summed E-state index contributed by atoms with van der Waals surface area (Å²) < 4.78 is 125. The molecule has 0 spiro atoms. The maximum atomic E-state index is 17.0. The van der Waals surface area contributed by atoms with E-state index in [4.69, 9.17) is 9.72 Å². The molecule has 1 unspecified atom stereocenters. The van der Waals surface area contributed by atoms with E-state index in [1.165, 1.54) is 0 Å². The summed E-state index contributed by atoms with van der Waals surface area (Å²) in [5.74, 6) is -3.61. The van der Waals surface area contributed by atoms with Crippen LogP contribution >= 0.6 is 0 Å². The first-order valence-corrected chi connectivity index (χ1v) is 17.3. The zero-order valence-electron chi connectivity index (χ0n) is 28.1. The minimum atomic E-state index is -5.28. The predicted octanol–water partition coefficient (Wildman–Crippen LogP) is 6.61. The molecule has 2 aromatic heterocycles. The first-order chi connectivity index (χ1) is 25.2. The molecule has 0 bridgehead atoms. The Hall–Kier alpha value is -4.29. The Balaban J connectivity index is 1.17. The lowest BCUT2D eigenvalue weighted by Crippen LogP contribution is -2.51. The summed E-state index contributed by atoms with van der Waals surface area (Å²) in [5, 5.41) is 13.8. The van der Waals surface area contributed by atoms with E-state index in [0.717, 1.165) is 37.1 Å². The van der Waals surface area contributed by atoms with Crippen molar-refractivity contribution in [3.8, 4) is 28.8 Å². The lowest BCUT2D eigenvalue weighted by molar-refractivity contribution is -0.345. The fourth-order valence-electron chi connectivity index (χ4n) is 7.82. The van der Waals surface area contributed by atoms with E-state index in [0.29, 0.717) is 69.0 Å². The van der Waals surface area contributed by atoms with Crippen LogP contribution < -0.4 is 19.7 Å². The smallest absolute Gasteiger partial charge is 0.508 e. The number of hydrogen-bond acceptors (Lipinski definition) is 10. The Labute approximate surface area is 297 Å². The van der Waals surface area contributed by atoms with E-state index in [1.807, 2.05) is 4.90 Å². The zero-order valence-corrected chi connectivity index (χ0v) is 28.1. The van der Waals surface area contributed by atoms with Crippen molar-refractivity contribution in [3.05, 3.63) is 41.6 Å². The number of benzene rings is 2. The third-order valence-corrected chi connectivity index (χ3v) is 10.5. The molecule has 1 saturated carbocycles. The number of nitrogens with one attached hydrogen (secondary N) is 1. The largest absolute Gasteiger partial charge is 0.573 e. The van der Waals surface area contributed by atoms with Crippen LogP contribution in [-0.2, 0) is 11.2 Å². The van der Waals surface area contributed by atoms with Crippen LogP contribution in [0.2, 0.25) is 0 Å². The van der Waals surface area contributed by atoms with Crippen molar-refractivity contribution in [2.45, 2.75) is 63.4 Å². The second-order valence-electron chi connectivity index (χ2n) is 14.2. The fourth-order valence-corrected chi connectivity index (χ4v) is 7.82. The molecule has 2 N–H and O–H groups in total. The number of piperidine rings is 1. The molecule has 5 heterocycles. The van der Waals surface area contributed by atoms with Gasteiger partial charge in [0.25, 0.3) is 0 Å². The average Bonchev–Trinajstić information content (AvgIpc) is 3.89. The van der Waals surface area contributed by atoms with E-state index >= 15 is 4.39 Å². The number of anilines is 1. The lowest BCUT2D eigenvalue weighted by Gasteiger charge is -2.36. The lowest BCUT2D eigenvalue weighted by atomic mass is 9.98. The van der Waals surface area contributed by atoms with E-state index < -0.39 is 53.0 Å². The molecule has 18 heteroatoms. The number of ether oxygens (including phenoxy) is 3. The van der Waals surface area contributed by atoms with Gasteiger partial charge in [0.2, 0.25) is 0 Å². The summed E-state index contributed by atoms with van der Waals surface area (Å²) in [7, 11) is 0. The van der Waals surface area contributed by atoms with E-state index in [9.17, 15) is 35.8 Å². The van der Waals surface area contributed by atoms with Crippen LogP contribution in [0.1, 0.15) is 37.8 Å². The number of aromatic hydroxyl groups is 1. The monoisotopic (exact) mass is 754 g/mol. The van der Waals surface area contributed by atoms with Crippen molar-refractivity contribution < 1.29 is 54.4 Å². The van der Waals surface area contributed by atoms with Gasteiger partial charge in [-0.25, -0.2) is 13.8 Å². The molecule has 284 valence electrons. The predicted molar refractivity (Wildman–Crippen MR) is 175 cm³/mol. The Bertz CT molecular complexity index is 2050. The van der Waals surface area contributed by atoms with Gasteiger partial charge in [-0.2, -0.15) is 9.97 Å². The quantitative estimate of drug-likeness (QED) is 0.191. The highest BCUT2D eigenvalue weighted by Crippen LogP contribution is 2.48. The van der Waals surface area contributed by atoms with Crippen molar-refractivity contribution in [1.29, 1.82) is 0 Å². The first-order valence-electron chi connectivity index (χ1n) is 17.3. The zero-order chi connectivity index (χ0) is 37.3. The molecule has 1 aliphatic carbocycles. The van der Waals surface area contributed by atoms with Gasteiger partial charge in [-0.15, -0.1) is 26.3 Å². The molecule has 3 fully saturated rings. The number of piperazine rings is 1. The molecular weight excluding hydrogens is 720 g/mol. The number of alkyl halides is 6. The van der Waals surface area contributed by atoms with Crippen LogP contribution in [0.25, 0.3) is 32.9 Å². The summed E-state index contributed by atoms with van der Waals surface area (Å²) in [6.07, 6.45) is -7.90. The Morgan fingerprint density at radius 2 is 1.70 bits per heavy atom. The third kappa shape index (κ3) is 7.32. The topological polar surface area (TPSA) is 105 Å². The van der Waals surface area contributed by atoms with Gasteiger partial charge >= 0.3 is 18.7 Å². The molecule has 4 aliphatic rings. The molecule has 2 saturated heterocycles. The van der Waals surface area contributed by atoms with Gasteiger partial charge in [0, 0.05) is 61.7 Å². The normalized spacial score (nSPS) is 20.8. The summed E-state index contributed by atoms with van der Waals surface area (Å²) in [6.45, 7) is 3.34. The minimum Gasteiger partial charge on any atom is -0.508 e. The Morgan fingerprint density at radius 3 is 2.42 bits per heavy atom. The van der Waals surface area contributed by atoms with Crippen LogP contribution in [0.4, 0.5) is 40.9 Å². The SMILES string of the molecule is Oc1cc(-c2nc3c4c(nc(OCC5(CN6CCC(OC(F)(F)F)CC6)CC5)nc4c2F)N2CCNCC2CC3)c2c(OC(F)(F)F)c(F)ccc2c1. The average molecular weight is 755 g/mol. The minimum absolute atomic E-state index is 0.0461. The number of aryl methyl sites for hydroxylation is 1. The molecule has 0 amide bonds. The second kappa shape index (κ2) is 13.2. The van der Waals surface area contributed by atoms with Crippen LogP contribution in [0.3, 0.4) is 0 Å². The number of hydrogen-bond donors (Lipinski definition) is 2. The Kier molecular flexibility index (Phi) is 8.92. The molecule has 0 radical (unpaired) electrons. The molecule has 8 rings (SSSR count). The molecular formula is C35H34F8N6O4. The number of fused-ring (bicyclic) bond motifs is 3. The highest BCUT2D eigenvalue weighted by molar-refractivity contribution is 6.04. The van der Waals surface area contributed by atoms with E-state index in [2.05, 4.69) is 29.7 Å². The van der Waals surface area contributed by atoms with Crippen molar-refractivity contribution in [1.82, 2.24) is 25.2 Å². The van der Waals surface area contributed by atoms with Crippen molar-refractivity contribution >= 4 is 27.5 Å². The highest BCUT2D eigenvalue weighted by atomic mass is 19.4. The number of halogens is 8. The number of pyridine rings is 1. The van der Waals surface area contributed by atoms with Gasteiger partial charge in [0.1, 0.15) is 22.8 Å². The van der Waals surface area contributed by atoms with Crippen LogP contribution in [0, 0.1) is 17.0 Å². The number of nitrogens with zero attached hydrogens (tertiary/aromatic N) is 5. The molecule has 3 aliphatic heterocycles. The Morgan fingerprint density at radius 1 is 0.925 bits per heavy atom. The summed E-state index contributed by atoms with van der Waals surface area (Å²) in [6, 6.07) is 3.83. The van der Waals surface area contributed by atoms with Gasteiger partial charge in [-0.3, -0.25) is 4.74 Å². The van der Waals surface area contributed by atoms with Crippen molar-refractivity contribution in [2.24, 2.45) is 5.41 Å². The maximum Gasteiger partial charge on any atom is 0.573 e. The van der Waals surface area contributed by atoms with E-state index in [1.54, 1.807) is 0 Å². The van der Waals surface area contributed by atoms with Gasteiger partial charge in [0.05, 0.1) is 23.8 Å². The number of phenols is 1. The van der Waals surface area contributed by atoms with Crippen LogP contribution in [-0.4, -0.2) is 95.7 Å². The number of likely N-dealkylation sites (tertiary alicyclic amines) is 1. The van der Waals surface area contributed by atoms with Crippen molar-refractivity contribution in [2.75, 3.05) is 50.8 Å². The summed E-state index contributed by atoms with van der Waals surface area (Å²) in [5.41, 5.74) is -0.936. The standard InChI is InChI=1S/C35H34F8N6O4/c36-23-3-1-18-13-20(50)14-22(25(18)30(23)53-35(41,42)43)28-27(37)29-26-24(45-28)4-2-19-15-44-9-12-49(19)31(26)47-32(46-29)51-17-33(7-8-33)16-48-10-5-21(6-11-48)52-34(38,39)40/h1,3,13-14,19,21,44,50H,2,4-12,15-17H2. The van der Waals surface area contributed by atoms with E-state index in [-0.39, 0.29) is 53.4 Å². The summed E-state index contributed by atoms with van der Waals surface area (Å²) >= 11 is 0. The number of rotatable bonds is 8. The third-order valence-electron chi connectivity index (χ3n) is 10.5. The van der Waals surface area contributed by atoms with Gasteiger partial charge in [0.15, 0.2) is 17.4 Å². The fraction of sp³-hybridized carbons (Fsp3) is 0.514. The van der Waals surface area contributed by atoms with Crippen molar-refractivity contribution in [3.63, 3.8) is 0 Å². The molecule has 2 aromatic carbocycles. The number of aromatic nitrogens is 3. The second-order valence-corrected chi connectivity index (χ2v) is 14.2. The van der Waals surface area contributed by atoms with Gasteiger partial charge in [-0.1, -0.05) is 6.07 Å². The van der Waals surface area contributed by atoms with Crippen LogP contribution in [0.5, 0.6) is 17.5 Å². The van der Waals surface area contributed by atoms with Gasteiger partial charge in [-0.05, 0) is 62.1 Å². The number of phenolic OH excluding ortho intramolecular Hbond substituents is 1. The molecule has 53 heavy (non-hydrogen) atoms. The summed E-state index contributed by atoms with van der Waals surface area (Å²) in [4.78, 5) is 18.0. The first kappa shape index (κ1) is 35.7. The molecule has 4 aromatic rings. The van der Waals surface area contributed by atoms with Gasteiger partial charge < -0.3 is 29.7 Å². The van der Waals surface area contributed by atoms with Crippen LogP contribution in [0.15, 0.2) is 24.3 Å².